The molecule has 1 atom stereocenters. The molecule has 5 heteroatoms. The zero-order chi connectivity index (χ0) is 18.9. The predicted octanol–water partition coefficient (Wildman–Crippen LogP) is 3.14. The quantitative estimate of drug-likeness (QED) is 0.740. The summed E-state index contributed by atoms with van der Waals surface area (Å²) in [6.07, 6.45) is 3.28. The number of para-hydroxylation sites is 1. The molecule has 2 rings (SSSR count). The van der Waals surface area contributed by atoms with Gasteiger partial charge in [-0.2, -0.15) is 0 Å². The number of ether oxygens (including phenoxy) is 2. The van der Waals surface area contributed by atoms with Crippen LogP contribution in [0, 0.1) is 0 Å². The lowest BCUT2D eigenvalue weighted by atomic mass is 10.1. The zero-order valence-electron chi connectivity index (χ0n) is 15.7. The summed E-state index contributed by atoms with van der Waals surface area (Å²) >= 11 is 0. The number of methoxy groups -OCH3 is 2. The molecule has 0 aromatic heterocycles. The van der Waals surface area contributed by atoms with Gasteiger partial charge in [0.2, 0.25) is 5.91 Å². The van der Waals surface area contributed by atoms with Crippen LogP contribution in [0.15, 0.2) is 54.6 Å². The van der Waals surface area contributed by atoms with Gasteiger partial charge in [-0.05, 0) is 43.9 Å². The summed E-state index contributed by atoms with van der Waals surface area (Å²) in [5, 5.41) is 2.96. The summed E-state index contributed by atoms with van der Waals surface area (Å²) in [7, 11) is 7.24. The number of benzene rings is 2. The van der Waals surface area contributed by atoms with Gasteiger partial charge < -0.3 is 19.7 Å². The van der Waals surface area contributed by atoms with Crippen LogP contribution >= 0.6 is 0 Å². The molecule has 0 aliphatic carbocycles. The Morgan fingerprint density at radius 2 is 1.77 bits per heavy atom. The second-order valence-corrected chi connectivity index (χ2v) is 6.07. The fourth-order valence-corrected chi connectivity index (χ4v) is 2.65. The van der Waals surface area contributed by atoms with Crippen LogP contribution in [0.1, 0.15) is 17.2 Å². The first-order valence-corrected chi connectivity index (χ1v) is 8.44. The minimum Gasteiger partial charge on any atom is -0.497 e. The van der Waals surface area contributed by atoms with Crippen LogP contribution in [0.2, 0.25) is 0 Å². The van der Waals surface area contributed by atoms with Crippen LogP contribution in [0.4, 0.5) is 0 Å². The number of hydrogen-bond acceptors (Lipinski definition) is 4. The highest BCUT2D eigenvalue weighted by atomic mass is 16.5. The van der Waals surface area contributed by atoms with Gasteiger partial charge in [-0.3, -0.25) is 4.79 Å². The molecule has 0 heterocycles. The van der Waals surface area contributed by atoms with Crippen molar-refractivity contribution < 1.29 is 14.3 Å². The van der Waals surface area contributed by atoms with Gasteiger partial charge in [-0.15, -0.1) is 0 Å². The normalized spacial score (nSPS) is 12.2. The summed E-state index contributed by atoms with van der Waals surface area (Å²) in [5.41, 5.74) is 1.98. The molecule has 1 amide bonds. The smallest absolute Gasteiger partial charge is 0.244 e. The molecule has 1 N–H and O–H groups in total. The van der Waals surface area contributed by atoms with E-state index in [9.17, 15) is 4.79 Å². The van der Waals surface area contributed by atoms with Crippen molar-refractivity contribution in [1.29, 1.82) is 0 Å². The average Bonchev–Trinajstić information content (AvgIpc) is 2.67. The minimum absolute atomic E-state index is 0.0736. The highest BCUT2D eigenvalue weighted by molar-refractivity contribution is 5.92. The van der Waals surface area contributed by atoms with E-state index in [1.165, 1.54) is 6.08 Å². The van der Waals surface area contributed by atoms with E-state index in [1.54, 1.807) is 20.3 Å². The molecule has 2 aromatic carbocycles. The van der Waals surface area contributed by atoms with Gasteiger partial charge in [-0.25, -0.2) is 0 Å². The van der Waals surface area contributed by atoms with Gasteiger partial charge >= 0.3 is 0 Å². The molecular formula is C21H26N2O3. The Morgan fingerprint density at radius 1 is 1.08 bits per heavy atom. The number of rotatable bonds is 8. The molecule has 0 spiro atoms. The first-order chi connectivity index (χ1) is 12.5. The van der Waals surface area contributed by atoms with Crippen molar-refractivity contribution in [3.8, 4) is 11.5 Å². The van der Waals surface area contributed by atoms with Crippen LogP contribution < -0.4 is 14.8 Å². The third kappa shape index (κ3) is 5.36. The summed E-state index contributed by atoms with van der Waals surface area (Å²) in [6, 6.07) is 15.5. The Kier molecular flexibility index (Phi) is 7.24. The van der Waals surface area contributed by atoms with Crippen molar-refractivity contribution in [1.82, 2.24) is 10.2 Å². The summed E-state index contributed by atoms with van der Waals surface area (Å²) in [4.78, 5) is 14.3. The molecule has 26 heavy (non-hydrogen) atoms. The molecule has 5 nitrogen and oxygen atoms in total. The molecule has 0 saturated heterocycles. The highest BCUT2D eigenvalue weighted by Crippen LogP contribution is 2.21. The maximum Gasteiger partial charge on any atom is 0.244 e. The molecule has 0 bridgehead atoms. The van der Waals surface area contributed by atoms with E-state index in [0.717, 1.165) is 22.6 Å². The van der Waals surface area contributed by atoms with Crippen LogP contribution in [0.3, 0.4) is 0 Å². The maximum absolute atomic E-state index is 12.2. The molecule has 138 valence electrons. The van der Waals surface area contributed by atoms with E-state index in [0.29, 0.717) is 6.54 Å². The second-order valence-electron chi connectivity index (χ2n) is 6.07. The molecule has 0 saturated carbocycles. The van der Waals surface area contributed by atoms with Gasteiger partial charge in [-0.1, -0.05) is 30.3 Å². The van der Waals surface area contributed by atoms with E-state index in [4.69, 9.17) is 9.47 Å². The van der Waals surface area contributed by atoms with Crippen LogP contribution in [0.25, 0.3) is 6.08 Å². The summed E-state index contributed by atoms with van der Waals surface area (Å²) in [5.74, 6) is 1.41. The van der Waals surface area contributed by atoms with Crippen molar-refractivity contribution >= 4 is 12.0 Å². The van der Waals surface area contributed by atoms with E-state index < -0.39 is 0 Å². The number of likely N-dealkylation sites (N-methyl/N-ethyl adjacent to an activating group) is 1. The third-order valence-corrected chi connectivity index (χ3v) is 4.15. The van der Waals surface area contributed by atoms with Gasteiger partial charge in [0, 0.05) is 18.2 Å². The lowest BCUT2D eigenvalue weighted by Crippen LogP contribution is -2.33. The van der Waals surface area contributed by atoms with Crippen LogP contribution in [-0.4, -0.2) is 45.7 Å². The molecule has 0 radical (unpaired) electrons. The van der Waals surface area contributed by atoms with Crippen molar-refractivity contribution in [3.05, 3.63) is 65.7 Å². The standard InChI is InChI=1S/C21H26N2O3/c1-23(2)19(16-9-12-18(25-3)13-10-16)15-22-21(24)14-11-17-7-5-6-8-20(17)26-4/h5-14,19H,15H2,1-4H3,(H,22,24)/b14-11+. The fraction of sp³-hybridized carbons (Fsp3) is 0.286. The van der Waals surface area contributed by atoms with Crippen LogP contribution in [0.5, 0.6) is 11.5 Å². The Morgan fingerprint density at radius 3 is 2.38 bits per heavy atom. The highest BCUT2D eigenvalue weighted by Gasteiger charge is 2.14. The molecule has 1 unspecified atom stereocenters. The fourth-order valence-electron chi connectivity index (χ4n) is 2.65. The Bertz CT molecular complexity index is 739. The van der Waals surface area contributed by atoms with Crippen molar-refractivity contribution in [3.63, 3.8) is 0 Å². The predicted molar refractivity (Wildman–Crippen MR) is 104 cm³/mol. The summed E-state index contributed by atoms with van der Waals surface area (Å²) in [6.45, 7) is 0.508. The first-order valence-electron chi connectivity index (χ1n) is 8.44. The largest absolute Gasteiger partial charge is 0.497 e. The molecule has 0 fully saturated rings. The number of amides is 1. The number of carbonyl (C=O) groups is 1. The van der Waals surface area contributed by atoms with Gasteiger partial charge in [0.15, 0.2) is 0 Å². The lowest BCUT2D eigenvalue weighted by Gasteiger charge is -2.25. The minimum atomic E-state index is -0.142. The number of nitrogens with zero attached hydrogens (tertiary/aromatic N) is 1. The lowest BCUT2D eigenvalue weighted by molar-refractivity contribution is -0.116. The number of nitrogens with one attached hydrogen (secondary N) is 1. The zero-order valence-corrected chi connectivity index (χ0v) is 15.7. The summed E-state index contributed by atoms with van der Waals surface area (Å²) < 4.78 is 10.5. The SMILES string of the molecule is COc1ccc(C(CNC(=O)/C=C/c2ccccc2OC)N(C)C)cc1. The number of hydrogen-bond donors (Lipinski definition) is 1. The van der Waals surface area contributed by atoms with Crippen molar-refractivity contribution in [2.24, 2.45) is 0 Å². The Hall–Kier alpha value is -2.79. The van der Waals surface area contributed by atoms with Crippen molar-refractivity contribution in [2.75, 3.05) is 34.9 Å². The Balaban J connectivity index is 1.99. The average molecular weight is 354 g/mol. The van der Waals surface area contributed by atoms with Crippen molar-refractivity contribution in [2.45, 2.75) is 6.04 Å². The molecule has 0 aliphatic heterocycles. The van der Waals surface area contributed by atoms with Gasteiger partial charge in [0.05, 0.1) is 20.3 Å². The number of carbonyl (C=O) groups excluding carboxylic acids is 1. The Labute approximate surface area is 155 Å². The molecule has 2 aromatic rings. The monoisotopic (exact) mass is 354 g/mol. The van der Waals surface area contributed by atoms with E-state index in [2.05, 4.69) is 10.2 Å². The van der Waals surface area contributed by atoms with E-state index in [1.807, 2.05) is 62.6 Å². The maximum atomic E-state index is 12.2. The van der Waals surface area contributed by atoms with E-state index in [-0.39, 0.29) is 11.9 Å². The topological polar surface area (TPSA) is 50.8 Å². The van der Waals surface area contributed by atoms with Gasteiger partial charge in [0.1, 0.15) is 11.5 Å². The second kappa shape index (κ2) is 9.63. The molecule has 0 aliphatic rings. The van der Waals surface area contributed by atoms with Crippen LogP contribution in [-0.2, 0) is 4.79 Å². The molecular weight excluding hydrogens is 328 g/mol. The van der Waals surface area contributed by atoms with Gasteiger partial charge in [0.25, 0.3) is 0 Å². The third-order valence-electron chi connectivity index (χ3n) is 4.15. The first kappa shape index (κ1) is 19.5. The van der Waals surface area contributed by atoms with E-state index >= 15 is 0 Å².